The molecular formula is C15H34N4O. The van der Waals surface area contributed by atoms with Crippen molar-refractivity contribution in [1.29, 1.82) is 0 Å². The van der Waals surface area contributed by atoms with Gasteiger partial charge in [0.05, 0.1) is 0 Å². The Kier molecular flexibility index (Phi) is 10.7. The molecule has 5 heteroatoms. The van der Waals surface area contributed by atoms with Crippen LogP contribution in [-0.2, 0) is 4.79 Å². The van der Waals surface area contributed by atoms with Crippen LogP contribution in [0.3, 0.4) is 0 Å². The van der Waals surface area contributed by atoms with Crippen molar-refractivity contribution >= 4 is 5.91 Å². The first-order valence-corrected chi connectivity index (χ1v) is 7.66. The van der Waals surface area contributed by atoms with E-state index in [2.05, 4.69) is 38.0 Å². The first-order valence-electron chi connectivity index (χ1n) is 7.66. The summed E-state index contributed by atoms with van der Waals surface area (Å²) < 4.78 is 0. The molecule has 1 atom stereocenters. The van der Waals surface area contributed by atoms with E-state index in [1.165, 1.54) is 0 Å². The molecule has 0 saturated carbocycles. The third-order valence-corrected chi connectivity index (χ3v) is 3.40. The smallest absolute Gasteiger partial charge is 0.225 e. The minimum Gasteiger partial charge on any atom is -0.342 e. The Morgan fingerprint density at radius 3 is 1.75 bits per heavy atom. The Hall–Kier alpha value is -0.650. The maximum atomic E-state index is 12.4. The molecule has 0 radical (unpaired) electrons. The van der Waals surface area contributed by atoms with Crippen molar-refractivity contribution in [3.05, 3.63) is 0 Å². The molecule has 0 heterocycles. The molecule has 1 unspecified atom stereocenters. The van der Waals surface area contributed by atoms with Crippen molar-refractivity contribution in [1.82, 2.24) is 14.7 Å². The summed E-state index contributed by atoms with van der Waals surface area (Å²) in [6.45, 7) is 6.29. The van der Waals surface area contributed by atoms with Crippen LogP contribution in [0.2, 0.25) is 0 Å². The lowest BCUT2D eigenvalue weighted by Crippen LogP contribution is -2.39. The molecule has 0 aliphatic rings. The Balaban J connectivity index is 4.32. The molecule has 0 aliphatic heterocycles. The molecule has 0 bridgehead atoms. The third kappa shape index (κ3) is 9.28. The van der Waals surface area contributed by atoms with Gasteiger partial charge in [0.2, 0.25) is 5.91 Å². The Bertz CT molecular complexity index is 242. The second-order valence-corrected chi connectivity index (χ2v) is 6.12. The zero-order chi connectivity index (χ0) is 15.5. The maximum Gasteiger partial charge on any atom is 0.225 e. The van der Waals surface area contributed by atoms with Gasteiger partial charge in [-0.05, 0) is 67.1 Å². The number of carbonyl (C=O) groups excluding carboxylic acids is 1. The van der Waals surface area contributed by atoms with E-state index >= 15 is 0 Å². The fourth-order valence-electron chi connectivity index (χ4n) is 2.17. The van der Waals surface area contributed by atoms with Crippen LogP contribution in [0.1, 0.15) is 26.2 Å². The number of rotatable bonds is 11. The predicted molar refractivity (Wildman–Crippen MR) is 85.8 cm³/mol. The summed E-state index contributed by atoms with van der Waals surface area (Å²) >= 11 is 0. The van der Waals surface area contributed by atoms with Crippen molar-refractivity contribution in [2.24, 2.45) is 11.7 Å². The van der Waals surface area contributed by atoms with Gasteiger partial charge in [0, 0.05) is 19.0 Å². The van der Waals surface area contributed by atoms with Gasteiger partial charge in [-0.2, -0.15) is 0 Å². The van der Waals surface area contributed by atoms with Gasteiger partial charge in [-0.3, -0.25) is 4.79 Å². The second kappa shape index (κ2) is 11.1. The Labute approximate surface area is 125 Å². The zero-order valence-corrected chi connectivity index (χ0v) is 14.1. The quantitative estimate of drug-likeness (QED) is 0.607. The maximum absolute atomic E-state index is 12.4. The van der Waals surface area contributed by atoms with Gasteiger partial charge in [-0.15, -0.1) is 0 Å². The lowest BCUT2D eigenvalue weighted by Gasteiger charge is -2.27. The average molecular weight is 286 g/mol. The van der Waals surface area contributed by atoms with Crippen molar-refractivity contribution < 1.29 is 4.79 Å². The number of nitrogens with two attached hydrogens (primary N) is 1. The van der Waals surface area contributed by atoms with Crippen LogP contribution < -0.4 is 5.73 Å². The highest BCUT2D eigenvalue weighted by Gasteiger charge is 2.19. The van der Waals surface area contributed by atoms with Crippen LogP contribution >= 0.6 is 0 Å². The highest BCUT2D eigenvalue weighted by molar-refractivity contribution is 5.78. The molecule has 0 aliphatic carbocycles. The van der Waals surface area contributed by atoms with E-state index in [4.69, 9.17) is 5.73 Å². The standard InChI is InChI=1S/C15H34N4O/c1-14(8-9-16)15(20)19(12-6-10-17(2)3)13-7-11-18(4)5/h14H,6-13,16H2,1-5H3. The molecule has 0 spiro atoms. The van der Waals surface area contributed by atoms with Gasteiger partial charge >= 0.3 is 0 Å². The van der Waals surface area contributed by atoms with Gasteiger partial charge in [-0.1, -0.05) is 6.92 Å². The van der Waals surface area contributed by atoms with Crippen LogP contribution in [0.25, 0.3) is 0 Å². The second-order valence-electron chi connectivity index (χ2n) is 6.12. The van der Waals surface area contributed by atoms with E-state index in [0.717, 1.165) is 45.4 Å². The van der Waals surface area contributed by atoms with Crippen molar-refractivity contribution in [3.8, 4) is 0 Å². The fraction of sp³-hybridized carbons (Fsp3) is 0.933. The summed E-state index contributed by atoms with van der Waals surface area (Å²) in [7, 11) is 8.26. The Morgan fingerprint density at radius 1 is 0.950 bits per heavy atom. The largest absolute Gasteiger partial charge is 0.342 e. The van der Waals surface area contributed by atoms with Gasteiger partial charge in [0.25, 0.3) is 0 Å². The van der Waals surface area contributed by atoms with Gasteiger partial charge in [-0.25, -0.2) is 0 Å². The first kappa shape index (κ1) is 19.4. The molecule has 2 N–H and O–H groups in total. The fourth-order valence-corrected chi connectivity index (χ4v) is 2.17. The number of carbonyl (C=O) groups is 1. The van der Waals surface area contributed by atoms with Crippen LogP contribution in [-0.4, -0.2) is 81.5 Å². The minimum atomic E-state index is 0.0405. The lowest BCUT2D eigenvalue weighted by atomic mass is 10.1. The van der Waals surface area contributed by atoms with Crippen LogP contribution in [0.15, 0.2) is 0 Å². The molecule has 120 valence electrons. The van der Waals surface area contributed by atoms with E-state index in [1.807, 2.05) is 11.8 Å². The molecule has 0 fully saturated rings. The van der Waals surface area contributed by atoms with Crippen LogP contribution in [0.5, 0.6) is 0 Å². The van der Waals surface area contributed by atoms with E-state index < -0.39 is 0 Å². The topological polar surface area (TPSA) is 52.8 Å². The molecule has 0 aromatic carbocycles. The SMILES string of the molecule is CC(CCN)C(=O)N(CCCN(C)C)CCCN(C)C. The molecule has 0 saturated heterocycles. The van der Waals surface area contributed by atoms with Crippen molar-refractivity contribution in [2.75, 3.05) is 60.9 Å². The van der Waals surface area contributed by atoms with E-state index in [1.54, 1.807) is 0 Å². The summed E-state index contributed by atoms with van der Waals surface area (Å²) in [5, 5.41) is 0. The molecule has 0 aromatic heterocycles. The monoisotopic (exact) mass is 286 g/mol. The number of hydrogen-bond donors (Lipinski definition) is 1. The van der Waals surface area contributed by atoms with Crippen LogP contribution in [0, 0.1) is 5.92 Å². The highest BCUT2D eigenvalue weighted by atomic mass is 16.2. The first-order chi connectivity index (χ1) is 9.38. The summed E-state index contributed by atoms with van der Waals surface area (Å²) in [6, 6.07) is 0. The lowest BCUT2D eigenvalue weighted by molar-refractivity contribution is -0.135. The van der Waals surface area contributed by atoms with Crippen molar-refractivity contribution in [3.63, 3.8) is 0 Å². The Morgan fingerprint density at radius 2 is 1.40 bits per heavy atom. The average Bonchev–Trinajstić information content (AvgIpc) is 2.35. The van der Waals surface area contributed by atoms with Crippen LogP contribution in [0.4, 0.5) is 0 Å². The summed E-state index contributed by atoms with van der Waals surface area (Å²) in [5.74, 6) is 0.298. The van der Waals surface area contributed by atoms with E-state index in [-0.39, 0.29) is 11.8 Å². The normalized spacial score (nSPS) is 13.0. The predicted octanol–water partition coefficient (Wildman–Crippen LogP) is 0.703. The molecule has 0 aromatic rings. The van der Waals surface area contributed by atoms with E-state index in [9.17, 15) is 4.79 Å². The van der Waals surface area contributed by atoms with E-state index in [0.29, 0.717) is 6.54 Å². The summed E-state index contributed by atoms with van der Waals surface area (Å²) in [4.78, 5) is 18.8. The number of nitrogens with zero attached hydrogens (tertiary/aromatic N) is 3. The zero-order valence-electron chi connectivity index (χ0n) is 14.1. The molecular weight excluding hydrogens is 252 g/mol. The van der Waals surface area contributed by atoms with Crippen molar-refractivity contribution in [2.45, 2.75) is 26.2 Å². The van der Waals surface area contributed by atoms with Gasteiger partial charge in [0.1, 0.15) is 0 Å². The summed E-state index contributed by atoms with van der Waals surface area (Å²) in [5.41, 5.74) is 5.56. The number of hydrogen-bond acceptors (Lipinski definition) is 4. The number of amides is 1. The van der Waals surface area contributed by atoms with Gasteiger partial charge in [0.15, 0.2) is 0 Å². The minimum absolute atomic E-state index is 0.0405. The summed E-state index contributed by atoms with van der Waals surface area (Å²) in [6.07, 6.45) is 2.82. The third-order valence-electron chi connectivity index (χ3n) is 3.40. The molecule has 1 amide bonds. The molecule has 0 rings (SSSR count). The molecule has 5 nitrogen and oxygen atoms in total. The highest BCUT2D eigenvalue weighted by Crippen LogP contribution is 2.08. The molecule has 20 heavy (non-hydrogen) atoms. The van der Waals surface area contributed by atoms with Gasteiger partial charge < -0.3 is 20.4 Å².